The van der Waals surface area contributed by atoms with Gasteiger partial charge < -0.3 is 12.4 Å². The van der Waals surface area contributed by atoms with E-state index < -0.39 is 0 Å². The van der Waals surface area contributed by atoms with Crippen molar-refractivity contribution in [2.45, 2.75) is 6.04 Å². The maximum Gasteiger partial charge on any atom is 0.308 e. The molecule has 0 radical (unpaired) electrons. The number of hydrogen-bond acceptors (Lipinski definition) is 1. The molecule has 100 valence electrons. The fourth-order valence-electron chi connectivity index (χ4n) is 1.93. The van der Waals surface area contributed by atoms with Crippen LogP contribution in [0.3, 0.4) is 0 Å². The summed E-state index contributed by atoms with van der Waals surface area (Å²) < 4.78 is 2.13. The average Bonchev–Trinajstić information content (AvgIpc) is 2.31. The van der Waals surface area contributed by atoms with E-state index >= 15 is 0 Å². The van der Waals surface area contributed by atoms with E-state index in [0.29, 0.717) is 0 Å². The van der Waals surface area contributed by atoms with Crippen LogP contribution in [0.4, 0.5) is 0 Å². The van der Waals surface area contributed by atoms with Gasteiger partial charge in [0, 0.05) is 5.56 Å². The van der Waals surface area contributed by atoms with Crippen LogP contribution in [-0.4, -0.2) is 42.0 Å². The first-order valence-electron chi connectivity index (χ1n) is 5.60. The Bertz CT molecular complexity index is 400. The molecule has 1 aromatic carbocycles. The van der Waals surface area contributed by atoms with Gasteiger partial charge in [0.15, 0.2) is 0 Å². The molecule has 0 heterocycles. The van der Waals surface area contributed by atoms with E-state index in [1.807, 2.05) is 12.1 Å². The highest BCUT2D eigenvalue weighted by Crippen LogP contribution is 2.22. The largest absolute Gasteiger partial charge is 1.00 e. The van der Waals surface area contributed by atoms with E-state index in [4.69, 9.17) is 0 Å². The second-order valence-corrected chi connectivity index (χ2v) is 4.86. The molecule has 0 bridgehead atoms. The number of thioether (sulfide) groups is 1. The topological polar surface area (TPSA) is 6.25 Å². The second kappa shape index (κ2) is 8.22. The Morgan fingerprint density at radius 3 is 2.28 bits per heavy atom. The molecule has 0 aliphatic heterocycles. The third kappa shape index (κ3) is 4.07. The lowest BCUT2D eigenvalue weighted by atomic mass is 10.1. The van der Waals surface area contributed by atoms with Gasteiger partial charge in [0.05, 0.1) is 21.1 Å². The zero-order valence-corrected chi connectivity index (χ0v) is 13.0. The molecular formula is C14H21ClN2S. The number of nitrogens with zero attached hydrogens (tertiary/aromatic N) is 2. The van der Waals surface area contributed by atoms with Crippen LogP contribution in [0.15, 0.2) is 43.0 Å². The number of benzene rings is 1. The van der Waals surface area contributed by atoms with Crippen LogP contribution in [0.5, 0.6) is 0 Å². The normalized spacial score (nSPS) is 11.1. The number of rotatable bonds is 3. The molecule has 0 spiro atoms. The molecule has 1 aromatic rings. The summed E-state index contributed by atoms with van der Waals surface area (Å²) in [6.07, 6.45) is 4.08. The Morgan fingerprint density at radius 2 is 1.89 bits per heavy atom. The molecule has 0 aromatic heterocycles. The van der Waals surface area contributed by atoms with E-state index in [-0.39, 0.29) is 18.4 Å². The summed E-state index contributed by atoms with van der Waals surface area (Å²) in [5.74, 6) is 0. The monoisotopic (exact) mass is 284 g/mol. The summed E-state index contributed by atoms with van der Waals surface area (Å²) in [4.78, 5) is 2.24. The molecule has 0 aliphatic rings. The second-order valence-electron chi connectivity index (χ2n) is 4.08. The highest BCUT2D eigenvalue weighted by atomic mass is 35.5. The Hall–Kier alpha value is -0.930. The molecule has 1 unspecified atom stereocenters. The van der Waals surface area contributed by atoms with Gasteiger partial charge in [-0.25, -0.2) is 4.90 Å². The minimum Gasteiger partial charge on any atom is -1.00 e. The minimum atomic E-state index is 0. The lowest BCUT2D eigenvalue weighted by molar-refractivity contribution is -0.466. The van der Waals surface area contributed by atoms with E-state index in [1.165, 1.54) is 10.7 Å². The Balaban J connectivity index is 0.00000289. The van der Waals surface area contributed by atoms with Crippen LogP contribution in [0.1, 0.15) is 11.6 Å². The maximum atomic E-state index is 3.95. The molecule has 2 nitrogen and oxygen atoms in total. The van der Waals surface area contributed by atoms with Gasteiger partial charge in [0.2, 0.25) is 0 Å². The van der Waals surface area contributed by atoms with Crippen molar-refractivity contribution in [3.63, 3.8) is 0 Å². The van der Waals surface area contributed by atoms with Crippen LogP contribution in [-0.2, 0) is 0 Å². The predicted molar refractivity (Wildman–Crippen MR) is 77.8 cm³/mol. The molecular weight excluding hydrogens is 264 g/mol. The molecule has 1 atom stereocenters. The third-order valence-electron chi connectivity index (χ3n) is 2.65. The van der Waals surface area contributed by atoms with Gasteiger partial charge in [0.25, 0.3) is 0 Å². The number of likely N-dealkylation sites (N-methyl/N-ethyl adjacent to an activating group) is 1. The van der Waals surface area contributed by atoms with Gasteiger partial charge in [-0.1, -0.05) is 36.9 Å². The smallest absolute Gasteiger partial charge is 0.308 e. The van der Waals surface area contributed by atoms with Gasteiger partial charge in [-0.05, 0) is 24.1 Å². The molecule has 0 N–H and O–H groups in total. The average molecular weight is 285 g/mol. The zero-order chi connectivity index (χ0) is 12.8. The van der Waals surface area contributed by atoms with Gasteiger partial charge >= 0.3 is 5.17 Å². The minimum absolute atomic E-state index is 0. The molecule has 0 amide bonds. The van der Waals surface area contributed by atoms with Crippen LogP contribution < -0.4 is 12.4 Å². The highest BCUT2D eigenvalue weighted by Gasteiger charge is 2.24. The maximum absolute atomic E-state index is 3.95. The molecule has 18 heavy (non-hydrogen) atoms. The predicted octanol–water partition coefficient (Wildman–Crippen LogP) is -0.159. The van der Waals surface area contributed by atoms with E-state index in [0.717, 1.165) is 0 Å². The van der Waals surface area contributed by atoms with Crippen molar-refractivity contribution >= 4 is 16.9 Å². The first-order valence-corrected chi connectivity index (χ1v) is 6.83. The fourth-order valence-corrected chi connectivity index (χ4v) is 2.70. The quantitative estimate of drug-likeness (QED) is 0.329. The van der Waals surface area contributed by atoms with E-state index in [1.54, 1.807) is 11.8 Å². The van der Waals surface area contributed by atoms with Crippen molar-refractivity contribution in [2.24, 2.45) is 0 Å². The number of amidine groups is 1. The van der Waals surface area contributed by atoms with Gasteiger partial charge in [-0.3, -0.25) is 4.58 Å². The first-order chi connectivity index (χ1) is 8.11. The van der Waals surface area contributed by atoms with Crippen LogP contribution >= 0.6 is 11.8 Å². The highest BCUT2D eigenvalue weighted by molar-refractivity contribution is 8.12. The van der Waals surface area contributed by atoms with Gasteiger partial charge in [-0.15, -0.1) is 0 Å². The van der Waals surface area contributed by atoms with Crippen molar-refractivity contribution < 1.29 is 17.0 Å². The fraction of sp³-hybridized carbons (Fsp3) is 0.357. The number of halogens is 1. The molecule has 0 fully saturated rings. The van der Waals surface area contributed by atoms with Crippen LogP contribution in [0.25, 0.3) is 0 Å². The molecule has 0 saturated carbocycles. The van der Waals surface area contributed by atoms with Crippen molar-refractivity contribution in [2.75, 3.05) is 27.4 Å². The lowest BCUT2D eigenvalue weighted by Crippen LogP contribution is -3.00. The van der Waals surface area contributed by atoms with Crippen molar-refractivity contribution in [3.8, 4) is 0 Å². The zero-order valence-electron chi connectivity index (χ0n) is 11.4. The molecule has 4 heteroatoms. The van der Waals surface area contributed by atoms with E-state index in [2.05, 4.69) is 67.7 Å². The van der Waals surface area contributed by atoms with Crippen molar-refractivity contribution in [3.05, 3.63) is 48.6 Å². The summed E-state index contributed by atoms with van der Waals surface area (Å²) >= 11 is 1.75. The third-order valence-corrected chi connectivity index (χ3v) is 3.67. The van der Waals surface area contributed by atoms with Gasteiger partial charge in [-0.2, -0.15) is 0 Å². The van der Waals surface area contributed by atoms with Crippen molar-refractivity contribution in [1.29, 1.82) is 0 Å². The van der Waals surface area contributed by atoms with E-state index in [9.17, 15) is 0 Å². The Morgan fingerprint density at radius 1 is 1.33 bits per heavy atom. The van der Waals surface area contributed by atoms with Gasteiger partial charge in [0.1, 0.15) is 6.04 Å². The molecule has 1 rings (SSSR count). The summed E-state index contributed by atoms with van der Waals surface area (Å²) in [5, 5.41) is 1.22. The summed E-state index contributed by atoms with van der Waals surface area (Å²) in [6.45, 7) is 3.95. The number of hydrogen-bond donors (Lipinski definition) is 0. The summed E-state index contributed by atoms with van der Waals surface area (Å²) in [7, 11) is 6.23. The summed E-state index contributed by atoms with van der Waals surface area (Å²) in [5.41, 5.74) is 1.26. The van der Waals surface area contributed by atoms with Crippen LogP contribution in [0.2, 0.25) is 0 Å². The van der Waals surface area contributed by atoms with Crippen LogP contribution in [0, 0.1) is 0 Å². The standard InChI is InChI=1S/C14H21N2S.ClH/c1-6-13(12-10-8-7-9-11-12)16(4)14(17-5)15(2)3;/h6-11,13H,1H2,2-5H3;1H/q+1;/p-1. The Kier molecular flexibility index (Phi) is 7.80. The lowest BCUT2D eigenvalue weighted by Gasteiger charge is -2.22. The molecule has 0 saturated heterocycles. The van der Waals surface area contributed by atoms with Crippen molar-refractivity contribution in [1.82, 2.24) is 4.90 Å². The SMILES string of the molecule is C=CC(c1ccccc1)N(C)C(SC)=[N+](C)C.[Cl-]. The molecule has 0 aliphatic carbocycles. The first kappa shape index (κ1) is 17.1. The summed E-state index contributed by atoms with van der Waals surface area (Å²) in [6, 6.07) is 10.6. The Labute approximate surface area is 121 Å².